The fraction of sp³-hybridized carbons (Fsp3) is 0.321. The van der Waals surface area contributed by atoms with Crippen molar-refractivity contribution in [3.05, 3.63) is 102 Å². The molecule has 3 aromatic carbocycles. The Balaban J connectivity index is 1.30. The van der Waals surface area contributed by atoms with Crippen molar-refractivity contribution < 1.29 is 13.2 Å². The molecule has 1 unspecified atom stereocenters. The molecule has 0 bridgehead atoms. The second kappa shape index (κ2) is 11.6. The number of hydrogen-bond donors (Lipinski definition) is 1. The maximum atomic E-state index is 12.7. The van der Waals surface area contributed by atoms with Gasteiger partial charge in [0.1, 0.15) is 0 Å². The number of carbonyl (C=O) groups excluding carboxylic acids is 1. The molecule has 6 nitrogen and oxygen atoms in total. The van der Waals surface area contributed by atoms with E-state index in [4.69, 9.17) is 0 Å². The third-order valence-corrected chi connectivity index (χ3v) is 8.14. The van der Waals surface area contributed by atoms with Crippen LogP contribution < -0.4 is 5.32 Å². The number of benzene rings is 3. The minimum absolute atomic E-state index is 0.136. The Morgan fingerprint density at radius 1 is 0.943 bits per heavy atom. The molecule has 0 spiro atoms. The van der Waals surface area contributed by atoms with E-state index >= 15 is 0 Å². The summed E-state index contributed by atoms with van der Waals surface area (Å²) in [6, 6.07) is 26.2. The molecule has 0 aliphatic carbocycles. The molecular formula is C28H33N3O3S. The number of rotatable bonds is 9. The molecule has 0 aromatic heterocycles. The molecule has 1 heterocycles. The van der Waals surface area contributed by atoms with Crippen molar-refractivity contribution in [2.24, 2.45) is 0 Å². The van der Waals surface area contributed by atoms with E-state index in [-0.39, 0.29) is 16.6 Å². The lowest BCUT2D eigenvalue weighted by Crippen LogP contribution is -2.47. The van der Waals surface area contributed by atoms with Gasteiger partial charge in [0.25, 0.3) is 5.91 Å². The molecule has 1 N–H and O–H groups in total. The first-order chi connectivity index (χ1) is 16.9. The van der Waals surface area contributed by atoms with Crippen LogP contribution in [0.2, 0.25) is 0 Å². The van der Waals surface area contributed by atoms with Crippen molar-refractivity contribution in [2.45, 2.75) is 23.1 Å². The van der Waals surface area contributed by atoms with Crippen LogP contribution in [0, 0.1) is 0 Å². The Labute approximate surface area is 208 Å². The summed E-state index contributed by atoms with van der Waals surface area (Å²) in [5.74, 6) is -0.315. The molecule has 3 aromatic rings. The van der Waals surface area contributed by atoms with Crippen molar-refractivity contribution in [3.8, 4) is 0 Å². The van der Waals surface area contributed by atoms with Crippen LogP contribution in [0.3, 0.4) is 0 Å². The van der Waals surface area contributed by atoms with Crippen molar-refractivity contribution >= 4 is 15.7 Å². The molecular weight excluding hydrogens is 458 g/mol. The van der Waals surface area contributed by atoms with Gasteiger partial charge in [-0.15, -0.1) is 0 Å². The number of carbonyl (C=O) groups is 1. The van der Waals surface area contributed by atoms with E-state index in [9.17, 15) is 13.2 Å². The lowest BCUT2D eigenvalue weighted by molar-refractivity contribution is 0.0865. The van der Waals surface area contributed by atoms with Gasteiger partial charge >= 0.3 is 0 Å². The number of likely N-dealkylation sites (N-methyl/N-ethyl adjacent to an activating group) is 1. The van der Waals surface area contributed by atoms with Gasteiger partial charge in [0.05, 0.1) is 10.6 Å². The van der Waals surface area contributed by atoms with E-state index in [0.717, 1.165) is 32.6 Å². The van der Waals surface area contributed by atoms with Crippen LogP contribution in [-0.2, 0) is 15.6 Å². The van der Waals surface area contributed by atoms with Crippen LogP contribution in [-0.4, -0.2) is 63.9 Å². The van der Waals surface area contributed by atoms with Crippen molar-refractivity contribution in [1.29, 1.82) is 0 Å². The summed E-state index contributed by atoms with van der Waals surface area (Å²) >= 11 is 0. The molecule has 1 amide bonds. The van der Waals surface area contributed by atoms with E-state index in [1.807, 2.05) is 6.07 Å². The smallest absolute Gasteiger partial charge is 0.251 e. The van der Waals surface area contributed by atoms with Crippen LogP contribution in [0.15, 0.2) is 89.8 Å². The summed E-state index contributed by atoms with van der Waals surface area (Å²) in [5.41, 5.74) is 2.41. The maximum absolute atomic E-state index is 12.7. The number of sulfone groups is 1. The highest BCUT2D eigenvalue weighted by Gasteiger charge is 2.26. The fourth-order valence-electron chi connectivity index (χ4n) is 4.54. The molecule has 1 atom stereocenters. The van der Waals surface area contributed by atoms with Crippen molar-refractivity contribution in [2.75, 3.05) is 39.8 Å². The Kier molecular flexibility index (Phi) is 8.33. The van der Waals surface area contributed by atoms with Gasteiger partial charge in [0, 0.05) is 44.3 Å². The third kappa shape index (κ3) is 6.78. The summed E-state index contributed by atoms with van der Waals surface area (Å²) in [6.07, 6.45) is 0.848. The van der Waals surface area contributed by atoms with Crippen LogP contribution in [0.1, 0.15) is 33.9 Å². The quantitative estimate of drug-likeness (QED) is 0.462. The van der Waals surface area contributed by atoms with Gasteiger partial charge in [-0.2, -0.15) is 0 Å². The van der Waals surface area contributed by atoms with E-state index in [1.54, 1.807) is 54.6 Å². The number of amides is 1. The van der Waals surface area contributed by atoms with Gasteiger partial charge in [0.15, 0.2) is 9.84 Å². The first kappa shape index (κ1) is 25.1. The highest BCUT2D eigenvalue weighted by atomic mass is 32.2. The zero-order valence-corrected chi connectivity index (χ0v) is 21.0. The first-order valence-electron chi connectivity index (χ1n) is 12.0. The zero-order chi connectivity index (χ0) is 24.7. The van der Waals surface area contributed by atoms with E-state index < -0.39 is 9.84 Å². The Morgan fingerprint density at radius 3 is 2.40 bits per heavy atom. The SMILES string of the molecule is CN1CCN(CCCNC(=O)c2cccc(CS(=O)(=O)c3ccccc3)c2)C(c2ccccc2)C1. The van der Waals surface area contributed by atoms with Gasteiger partial charge in [0.2, 0.25) is 0 Å². The second-order valence-corrected chi connectivity index (χ2v) is 11.1. The van der Waals surface area contributed by atoms with Crippen LogP contribution >= 0.6 is 0 Å². The van der Waals surface area contributed by atoms with Crippen LogP contribution in [0.4, 0.5) is 0 Å². The lowest BCUT2D eigenvalue weighted by atomic mass is 10.0. The summed E-state index contributed by atoms with van der Waals surface area (Å²) in [7, 11) is -1.30. The van der Waals surface area contributed by atoms with E-state index in [0.29, 0.717) is 23.7 Å². The second-order valence-electron chi connectivity index (χ2n) is 9.11. The molecule has 1 aliphatic heterocycles. The summed E-state index contributed by atoms with van der Waals surface area (Å²) in [4.78, 5) is 17.9. The normalized spacial score (nSPS) is 17.2. The molecule has 7 heteroatoms. The zero-order valence-electron chi connectivity index (χ0n) is 20.1. The van der Waals surface area contributed by atoms with Crippen molar-refractivity contribution in [1.82, 2.24) is 15.1 Å². The Morgan fingerprint density at radius 2 is 1.66 bits per heavy atom. The average molecular weight is 492 g/mol. The standard InChI is InChI=1S/C28H33N3O3S/c1-30-18-19-31(27(21-30)24-11-4-2-5-12-24)17-9-16-29-28(32)25-13-8-10-23(20-25)22-35(33,34)26-14-6-3-7-15-26/h2-8,10-15,20,27H,9,16-19,21-22H2,1H3,(H,29,32). The van der Waals surface area contributed by atoms with E-state index in [2.05, 4.69) is 46.4 Å². The summed E-state index contributed by atoms with van der Waals surface area (Å²) < 4.78 is 25.4. The van der Waals surface area contributed by atoms with Gasteiger partial charge in [-0.1, -0.05) is 60.7 Å². The first-order valence-corrected chi connectivity index (χ1v) is 13.7. The van der Waals surface area contributed by atoms with Crippen LogP contribution in [0.5, 0.6) is 0 Å². The molecule has 184 valence electrons. The number of piperazine rings is 1. The number of nitrogens with one attached hydrogen (secondary N) is 1. The molecule has 1 saturated heterocycles. The average Bonchev–Trinajstić information content (AvgIpc) is 2.88. The fourth-order valence-corrected chi connectivity index (χ4v) is 5.89. The molecule has 1 fully saturated rings. The molecule has 35 heavy (non-hydrogen) atoms. The minimum Gasteiger partial charge on any atom is -0.352 e. The monoisotopic (exact) mass is 491 g/mol. The van der Waals surface area contributed by atoms with Gasteiger partial charge in [-0.05, 0) is 48.9 Å². The minimum atomic E-state index is -3.46. The highest BCUT2D eigenvalue weighted by Crippen LogP contribution is 2.24. The molecule has 1 aliphatic rings. The Bertz CT molecular complexity index is 1220. The van der Waals surface area contributed by atoms with E-state index in [1.165, 1.54) is 5.56 Å². The summed E-state index contributed by atoms with van der Waals surface area (Å²) in [6.45, 7) is 4.51. The van der Waals surface area contributed by atoms with Gasteiger partial charge < -0.3 is 10.2 Å². The predicted octanol–water partition coefficient (Wildman–Crippen LogP) is 3.77. The highest BCUT2D eigenvalue weighted by molar-refractivity contribution is 7.90. The lowest BCUT2D eigenvalue weighted by Gasteiger charge is -2.40. The molecule has 4 rings (SSSR count). The number of nitrogens with zero attached hydrogens (tertiary/aromatic N) is 2. The largest absolute Gasteiger partial charge is 0.352 e. The molecule has 0 radical (unpaired) electrons. The predicted molar refractivity (Wildman–Crippen MR) is 139 cm³/mol. The van der Waals surface area contributed by atoms with Gasteiger partial charge in [-0.25, -0.2) is 8.42 Å². The summed E-state index contributed by atoms with van der Waals surface area (Å²) in [5, 5.41) is 3.00. The molecule has 0 saturated carbocycles. The Hall–Kier alpha value is -3.00. The van der Waals surface area contributed by atoms with Crippen molar-refractivity contribution in [3.63, 3.8) is 0 Å². The topological polar surface area (TPSA) is 69.7 Å². The maximum Gasteiger partial charge on any atom is 0.251 e. The third-order valence-electron chi connectivity index (χ3n) is 6.43. The van der Waals surface area contributed by atoms with Gasteiger partial charge in [-0.3, -0.25) is 9.69 Å². The van der Waals surface area contributed by atoms with Crippen LogP contribution in [0.25, 0.3) is 0 Å². The number of hydrogen-bond acceptors (Lipinski definition) is 5.